The van der Waals surface area contributed by atoms with Crippen molar-refractivity contribution in [1.29, 1.82) is 0 Å². The fourth-order valence-corrected chi connectivity index (χ4v) is 3.66. The van der Waals surface area contributed by atoms with Gasteiger partial charge in [0.05, 0.1) is 4.92 Å². The summed E-state index contributed by atoms with van der Waals surface area (Å²) in [7, 11) is 0. The first-order chi connectivity index (χ1) is 12.2. The van der Waals surface area contributed by atoms with Crippen LogP contribution < -0.4 is 5.32 Å². The third kappa shape index (κ3) is 4.15. The number of alkyl carbamates (subject to hydrolysis) is 1. The monoisotopic (exact) mass is 359 g/mol. The molecule has 1 aromatic carbocycles. The Bertz CT molecular complexity index is 822. The number of H-pyrrole nitrogens is 1. The second-order valence-electron chi connectivity index (χ2n) is 7.94. The first kappa shape index (κ1) is 18.2. The summed E-state index contributed by atoms with van der Waals surface area (Å²) in [5.74, 6) is 0.249. The average molecular weight is 359 g/mol. The lowest BCUT2D eigenvalue weighted by molar-refractivity contribution is -0.384. The zero-order chi connectivity index (χ0) is 18.9. The van der Waals surface area contributed by atoms with Crippen molar-refractivity contribution < 1.29 is 14.5 Å². The van der Waals surface area contributed by atoms with Crippen LogP contribution in [0.4, 0.5) is 10.5 Å². The molecule has 2 aromatic rings. The summed E-state index contributed by atoms with van der Waals surface area (Å²) in [4.78, 5) is 25.9. The highest BCUT2D eigenvalue weighted by Crippen LogP contribution is 2.37. The molecule has 0 radical (unpaired) electrons. The van der Waals surface area contributed by atoms with Gasteiger partial charge < -0.3 is 15.0 Å². The molecule has 1 aromatic heterocycles. The van der Waals surface area contributed by atoms with Gasteiger partial charge in [0.2, 0.25) is 0 Å². The van der Waals surface area contributed by atoms with Gasteiger partial charge in [0.1, 0.15) is 5.60 Å². The number of benzene rings is 1. The van der Waals surface area contributed by atoms with Gasteiger partial charge in [0.15, 0.2) is 0 Å². The van der Waals surface area contributed by atoms with Crippen molar-refractivity contribution in [3.05, 3.63) is 40.1 Å². The normalized spacial score (nSPS) is 20.7. The summed E-state index contributed by atoms with van der Waals surface area (Å²) >= 11 is 0. The Morgan fingerprint density at radius 1 is 1.35 bits per heavy atom. The Labute approximate surface area is 152 Å². The van der Waals surface area contributed by atoms with E-state index in [0.29, 0.717) is 0 Å². The van der Waals surface area contributed by atoms with Gasteiger partial charge in [-0.1, -0.05) is 6.42 Å². The van der Waals surface area contributed by atoms with E-state index in [9.17, 15) is 14.9 Å². The van der Waals surface area contributed by atoms with E-state index < -0.39 is 11.7 Å². The number of nitrogens with zero attached hydrogens (tertiary/aromatic N) is 1. The van der Waals surface area contributed by atoms with Crippen LogP contribution in [0.5, 0.6) is 0 Å². The summed E-state index contributed by atoms with van der Waals surface area (Å²) in [6, 6.07) is 4.94. The maximum absolute atomic E-state index is 12.0. The van der Waals surface area contributed by atoms with E-state index in [-0.39, 0.29) is 22.6 Å². The van der Waals surface area contributed by atoms with Crippen LogP contribution in [0.15, 0.2) is 24.4 Å². The van der Waals surface area contributed by atoms with Gasteiger partial charge in [-0.15, -0.1) is 0 Å². The minimum atomic E-state index is -0.520. The minimum Gasteiger partial charge on any atom is -0.444 e. The first-order valence-electron chi connectivity index (χ1n) is 8.98. The van der Waals surface area contributed by atoms with Crippen LogP contribution in [-0.2, 0) is 4.74 Å². The Hall–Kier alpha value is -2.57. The minimum absolute atomic E-state index is 0.0484. The lowest BCUT2D eigenvalue weighted by Gasteiger charge is -2.30. The lowest BCUT2D eigenvalue weighted by Crippen LogP contribution is -2.41. The van der Waals surface area contributed by atoms with E-state index in [1.165, 1.54) is 6.07 Å². The average Bonchev–Trinajstić information content (AvgIpc) is 2.96. The van der Waals surface area contributed by atoms with E-state index in [2.05, 4.69) is 10.3 Å². The van der Waals surface area contributed by atoms with Crippen LogP contribution in [0.25, 0.3) is 10.9 Å². The molecule has 0 bridgehead atoms. The number of nitrogens with one attached hydrogen (secondary N) is 2. The van der Waals surface area contributed by atoms with Gasteiger partial charge in [0.25, 0.3) is 5.69 Å². The second kappa shape index (κ2) is 6.97. The molecule has 2 unspecified atom stereocenters. The number of hydrogen-bond acceptors (Lipinski definition) is 4. The summed E-state index contributed by atoms with van der Waals surface area (Å²) in [5.41, 5.74) is 1.55. The molecule has 0 aliphatic heterocycles. The van der Waals surface area contributed by atoms with E-state index >= 15 is 0 Å². The molecule has 2 N–H and O–H groups in total. The molecule has 0 spiro atoms. The maximum atomic E-state index is 12.0. The fourth-order valence-electron chi connectivity index (χ4n) is 3.66. The Morgan fingerprint density at radius 2 is 2.12 bits per heavy atom. The van der Waals surface area contributed by atoms with E-state index in [1.807, 2.05) is 27.0 Å². The van der Waals surface area contributed by atoms with E-state index in [1.54, 1.807) is 12.1 Å². The van der Waals surface area contributed by atoms with Crippen molar-refractivity contribution in [1.82, 2.24) is 10.3 Å². The van der Waals surface area contributed by atoms with Crippen LogP contribution in [0.1, 0.15) is 57.9 Å². The summed E-state index contributed by atoms with van der Waals surface area (Å²) < 4.78 is 5.35. The molecular formula is C19H25N3O4. The Morgan fingerprint density at radius 3 is 2.81 bits per heavy atom. The number of rotatable bonds is 3. The molecule has 1 aliphatic rings. The SMILES string of the molecule is CC(C)(C)OC(=O)NC1CCCC(c2c[nH]c3ccc([N+](=O)[O-])cc23)C1. The predicted molar refractivity (Wildman–Crippen MR) is 99.3 cm³/mol. The number of carbonyl (C=O) groups is 1. The summed E-state index contributed by atoms with van der Waals surface area (Å²) in [6.07, 6.45) is 5.26. The van der Waals surface area contributed by atoms with Crippen molar-refractivity contribution in [2.24, 2.45) is 0 Å². The van der Waals surface area contributed by atoms with Gasteiger partial charge in [-0.25, -0.2) is 4.79 Å². The van der Waals surface area contributed by atoms with Gasteiger partial charge >= 0.3 is 6.09 Å². The molecule has 1 fully saturated rings. The Balaban J connectivity index is 1.75. The maximum Gasteiger partial charge on any atom is 0.407 e. The lowest BCUT2D eigenvalue weighted by atomic mass is 9.81. The molecule has 2 atom stereocenters. The van der Waals surface area contributed by atoms with Gasteiger partial charge in [0, 0.05) is 35.3 Å². The molecule has 1 amide bonds. The zero-order valence-corrected chi connectivity index (χ0v) is 15.4. The van der Waals surface area contributed by atoms with Gasteiger partial charge in [-0.2, -0.15) is 0 Å². The third-order valence-electron chi connectivity index (χ3n) is 4.74. The summed E-state index contributed by atoms with van der Waals surface area (Å²) in [5, 5.41) is 14.9. The van der Waals surface area contributed by atoms with Crippen LogP contribution in [0, 0.1) is 10.1 Å². The number of fused-ring (bicyclic) bond motifs is 1. The fraction of sp³-hybridized carbons (Fsp3) is 0.526. The third-order valence-corrected chi connectivity index (χ3v) is 4.74. The number of aromatic amines is 1. The highest BCUT2D eigenvalue weighted by atomic mass is 16.6. The number of non-ortho nitro benzene ring substituents is 1. The molecule has 7 nitrogen and oxygen atoms in total. The number of ether oxygens (including phenoxy) is 1. The van der Waals surface area contributed by atoms with Crippen LogP contribution in [0.3, 0.4) is 0 Å². The molecule has 1 aliphatic carbocycles. The number of amides is 1. The number of hydrogen-bond donors (Lipinski definition) is 2. The first-order valence-corrected chi connectivity index (χ1v) is 8.98. The Kier molecular flexibility index (Phi) is 4.89. The standard InChI is InChI=1S/C19H25N3O4/c1-19(2,3)26-18(23)21-13-6-4-5-12(9-13)16-11-20-17-8-7-14(22(24)25)10-15(16)17/h7-8,10-13,20H,4-6,9H2,1-3H3,(H,21,23). The molecule has 7 heteroatoms. The molecule has 3 rings (SSSR count). The molecule has 140 valence electrons. The number of nitro groups is 1. The van der Waals surface area contributed by atoms with E-state index in [4.69, 9.17) is 4.74 Å². The quantitative estimate of drug-likeness (QED) is 0.617. The molecule has 1 heterocycles. The van der Waals surface area contributed by atoms with Gasteiger partial charge in [-0.05, 0) is 57.6 Å². The van der Waals surface area contributed by atoms with Crippen molar-refractivity contribution >= 4 is 22.7 Å². The van der Waals surface area contributed by atoms with Crippen LogP contribution >= 0.6 is 0 Å². The second-order valence-corrected chi connectivity index (χ2v) is 7.94. The number of carbonyl (C=O) groups excluding carboxylic acids is 1. The van der Waals surface area contributed by atoms with Crippen LogP contribution in [0.2, 0.25) is 0 Å². The topological polar surface area (TPSA) is 97.3 Å². The largest absolute Gasteiger partial charge is 0.444 e. The number of aromatic nitrogens is 1. The zero-order valence-electron chi connectivity index (χ0n) is 15.4. The van der Waals surface area contributed by atoms with Crippen molar-refractivity contribution in [3.8, 4) is 0 Å². The van der Waals surface area contributed by atoms with Crippen molar-refractivity contribution in [3.63, 3.8) is 0 Å². The van der Waals surface area contributed by atoms with E-state index in [0.717, 1.165) is 42.1 Å². The predicted octanol–water partition coefficient (Wildman–Crippen LogP) is 4.63. The van der Waals surface area contributed by atoms with Gasteiger partial charge in [-0.3, -0.25) is 10.1 Å². The molecular weight excluding hydrogens is 334 g/mol. The van der Waals surface area contributed by atoms with Crippen molar-refractivity contribution in [2.45, 2.75) is 64.0 Å². The molecule has 1 saturated carbocycles. The molecule has 26 heavy (non-hydrogen) atoms. The van der Waals surface area contributed by atoms with Crippen LogP contribution in [-0.4, -0.2) is 27.6 Å². The summed E-state index contributed by atoms with van der Waals surface area (Å²) in [6.45, 7) is 5.53. The smallest absolute Gasteiger partial charge is 0.407 e. The highest BCUT2D eigenvalue weighted by Gasteiger charge is 2.28. The number of nitro benzene ring substituents is 1. The highest BCUT2D eigenvalue weighted by molar-refractivity contribution is 5.86. The van der Waals surface area contributed by atoms with Crippen molar-refractivity contribution in [2.75, 3.05) is 0 Å². The molecule has 0 saturated heterocycles.